The van der Waals surface area contributed by atoms with Crippen LogP contribution in [0, 0.1) is 19.9 Å². The Kier molecular flexibility index (Phi) is 1.34. The summed E-state index contributed by atoms with van der Waals surface area (Å²) in [7, 11) is 0. The van der Waals surface area contributed by atoms with Crippen LogP contribution in [0.15, 0.2) is 0 Å². The van der Waals surface area contributed by atoms with Gasteiger partial charge in [-0.15, -0.1) is 0 Å². The minimum Gasteiger partial charge on any atom is -0.368 e. The lowest BCUT2D eigenvalue weighted by molar-refractivity contribution is 1.06. The molecule has 1 aromatic rings. The molecule has 9 heavy (non-hydrogen) atoms. The molecule has 0 aliphatic rings. The van der Waals surface area contributed by atoms with Gasteiger partial charge in [0.2, 0.25) is 5.95 Å². The van der Waals surface area contributed by atoms with Crippen molar-refractivity contribution >= 4 is 5.95 Å². The standard InChI is InChI=1S/C6H8N3/c1-4-3-5(2)9-6(7)8-4/h1-2H3,(H2,7,8,9). The Hall–Kier alpha value is -1.12. The van der Waals surface area contributed by atoms with Crippen LogP contribution >= 0.6 is 0 Å². The summed E-state index contributed by atoms with van der Waals surface area (Å²) < 4.78 is 0. The molecule has 0 saturated carbocycles. The van der Waals surface area contributed by atoms with Gasteiger partial charge < -0.3 is 5.73 Å². The molecule has 47 valence electrons. The van der Waals surface area contributed by atoms with Gasteiger partial charge in [-0.05, 0) is 13.8 Å². The molecular weight excluding hydrogens is 114 g/mol. The number of hydrogen-bond acceptors (Lipinski definition) is 3. The van der Waals surface area contributed by atoms with Gasteiger partial charge in [0.15, 0.2) is 0 Å². The van der Waals surface area contributed by atoms with Gasteiger partial charge in [0.1, 0.15) is 0 Å². The largest absolute Gasteiger partial charge is 0.368 e. The van der Waals surface area contributed by atoms with Crippen LogP contribution in [-0.4, -0.2) is 9.97 Å². The fraction of sp³-hybridized carbons (Fsp3) is 0.333. The quantitative estimate of drug-likeness (QED) is 0.544. The fourth-order valence-electron chi connectivity index (χ4n) is 0.686. The molecule has 0 atom stereocenters. The van der Waals surface area contributed by atoms with Crippen molar-refractivity contribution in [3.05, 3.63) is 17.5 Å². The summed E-state index contributed by atoms with van der Waals surface area (Å²) in [6.45, 7) is 3.68. The highest BCUT2D eigenvalue weighted by atomic mass is 15.0. The van der Waals surface area contributed by atoms with Crippen molar-refractivity contribution in [1.82, 2.24) is 9.97 Å². The maximum atomic E-state index is 5.32. The molecule has 1 aromatic heterocycles. The molecule has 0 unspecified atom stereocenters. The topological polar surface area (TPSA) is 51.8 Å². The van der Waals surface area contributed by atoms with E-state index in [9.17, 15) is 0 Å². The number of nitrogens with two attached hydrogens (primary N) is 1. The minimum atomic E-state index is 0.323. The van der Waals surface area contributed by atoms with Crippen molar-refractivity contribution in [2.75, 3.05) is 5.73 Å². The molecular formula is C6H8N3. The minimum absolute atomic E-state index is 0.323. The van der Waals surface area contributed by atoms with E-state index in [0.29, 0.717) is 5.95 Å². The molecule has 3 heteroatoms. The molecule has 1 heterocycles. The highest BCUT2D eigenvalue weighted by Gasteiger charge is 1.91. The first kappa shape index (κ1) is 6.01. The molecule has 0 bridgehead atoms. The Morgan fingerprint density at radius 1 is 1.22 bits per heavy atom. The Morgan fingerprint density at radius 3 is 2.00 bits per heavy atom. The second kappa shape index (κ2) is 2.01. The lowest BCUT2D eigenvalue weighted by atomic mass is 10.4. The summed E-state index contributed by atoms with van der Waals surface area (Å²) >= 11 is 0. The number of aryl methyl sites for hydroxylation is 2. The van der Waals surface area contributed by atoms with E-state index in [1.807, 2.05) is 13.8 Å². The second-order valence-electron chi connectivity index (χ2n) is 1.88. The molecule has 0 saturated heterocycles. The average Bonchev–Trinajstić information content (AvgIpc) is 1.59. The lowest BCUT2D eigenvalue weighted by Crippen LogP contribution is -1.97. The van der Waals surface area contributed by atoms with Crippen molar-refractivity contribution in [3.8, 4) is 0 Å². The number of aromatic nitrogens is 2. The second-order valence-corrected chi connectivity index (χ2v) is 1.88. The van der Waals surface area contributed by atoms with Crippen LogP contribution in [0.2, 0.25) is 0 Å². The molecule has 3 nitrogen and oxygen atoms in total. The third-order valence-electron chi connectivity index (χ3n) is 0.926. The monoisotopic (exact) mass is 122 g/mol. The number of anilines is 1. The van der Waals surface area contributed by atoms with Gasteiger partial charge in [-0.2, -0.15) is 0 Å². The SMILES string of the molecule is Cc1[c]c(C)nc(N)n1. The maximum absolute atomic E-state index is 5.32. The van der Waals surface area contributed by atoms with Crippen molar-refractivity contribution in [3.63, 3.8) is 0 Å². The summed E-state index contributed by atoms with van der Waals surface area (Å²) in [5.41, 5.74) is 6.90. The van der Waals surface area contributed by atoms with Gasteiger partial charge in [-0.1, -0.05) is 0 Å². The maximum Gasteiger partial charge on any atom is 0.220 e. The predicted molar refractivity (Wildman–Crippen MR) is 34.8 cm³/mol. The van der Waals surface area contributed by atoms with Crippen molar-refractivity contribution in [2.45, 2.75) is 13.8 Å². The summed E-state index contributed by atoms with van der Waals surface area (Å²) in [5, 5.41) is 0. The van der Waals surface area contributed by atoms with Gasteiger partial charge in [0, 0.05) is 6.07 Å². The Morgan fingerprint density at radius 2 is 1.67 bits per heavy atom. The normalized spacial score (nSPS) is 9.56. The van der Waals surface area contributed by atoms with Gasteiger partial charge in [-0.3, -0.25) is 0 Å². The van der Waals surface area contributed by atoms with Gasteiger partial charge in [-0.25, -0.2) is 9.97 Å². The van der Waals surface area contributed by atoms with Crippen molar-refractivity contribution in [2.24, 2.45) is 0 Å². The smallest absolute Gasteiger partial charge is 0.220 e. The zero-order chi connectivity index (χ0) is 6.85. The molecule has 0 aliphatic heterocycles. The first-order valence-corrected chi connectivity index (χ1v) is 2.68. The van der Waals surface area contributed by atoms with Crippen LogP contribution in [0.5, 0.6) is 0 Å². The van der Waals surface area contributed by atoms with Crippen molar-refractivity contribution < 1.29 is 0 Å². The third-order valence-corrected chi connectivity index (χ3v) is 0.926. The van der Waals surface area contributed by atoms with E-state index in [1.54, 1.807) is 0 Å². The van der Waals surface area contributed by atoms with E-state index in [4.69, 9.17) is 5.73 Å². The molecule has 1 radical (unpaired) electrons. The van der Waals surface area contributed by atoms with Crippen LogP contribution < -0.4 is 5.73 Å². The molecule has 0 aliphatic carbocycles. The van der Waals surface area contributed by atoms with Gasteiger partial charge in [0.25, 0.3) is 0 Å². The summed E-state index contributed by atoms with van der Waals surface area (Å²) in [5.74, 6) is 0.323. The summed E-state index contributed by atoms with van der Waals surface area (Å²) in [6.07, 6.45) is 0. The molecule has 0 aromatic carbocycles. The van der Waals surface area contributed by atoms with E-state index in [1.165, 1.54) is 0 Å². The number of nitrogen functional groups attached to an aromatic ring is 1. The Bertz CT molecular complexity index is 169. The zero-order valence-corrected chi connectivity index (χ0v) is 5.47. The van der Waals surface area contributed by atoms with Gasteiger partial charge >= 0.3 is 0 Å². The molecule has 0 fully saturated rings. The van der Waals surface area contributed by atoms with Crippen LogP contribution in [0.3, 0.4) is 0 Å². The van der Waals surface area contributed by atoms with E-state index < -0.39 is 0 Å². The van der Waals surface area contributed by atoms with E-state index in [-0.39, 0.29) is 0 Å². The number of rotatable bonds is 0. The molecule has 0 amide bonds. The molecule has 2 N–H and O–H groups in total. The fourth-order valence-corrected chi connectivity index (χ4v) is 0.686. The number of nitrogens with zero attached hydrogens (tertiary/aromatic N) is 2. The third kappa shape index (κ3) is 1.38. The van der Waals surface area contributed by atoms with Crippen LogP contribution in [-0.2, 0) is 0 Å². The van der Waals surface area contributed by atoms with Gasteiger partial charge in [0.05, 0.1) is 11.4 Å². The number of hydrogen-bond donors (Lipinski definition) is 1. The average molecular weight is 122 g/mol. The van der Waals surface area contributed by atoms with Crippen LogP contribution in [0.1, 0.15) is 11.4 Å². The summed E-state index contributed by atoms with van der Waals surface area (Å²) in [4.78, 5) is 7.69. The first-order chi connectivity index (χ1) is 4.18. The van der Waals surface area contributed by atoms with E-state index in [0.717, 1.165) is 11.4 Å². The summed E-state index contributed by atoms with van der Waals surface area (Å²) in [6, 6.07) is 2.91. The highest BCUT2D eigenvalue weighted by molar-refractivity contribution is 5.19. The van der Waals surface area contributed by atoms with Crippen LogP contribution in [0.4, 0.5) is 5.95 Å². The zero-order valence-electron chi connectivity index (χ0n) is 5.47. The highest BCUT2D eigenvalue weighted by Crippen LogP contribution is 1.97. The Labute approximate surface area is 53.9 Å². The predicted octanol–water partition coefficient (Wildman–Crippen LogP) is 0.476. The van der Waals surface area contributed by atoms with E-state index in [2.05, 4.69) is 16.0 Å². The van der Waals surface area contributed by atoms with Crippen molar-refractivity contribution in [1.29, 1.82) is 0 Å². The molecule has 1 rings (SSSR count). The first-order valence-electron chi connectivity index (χ1n) is 2.68. The Balaban J connectivity index is 3.17. The molecule has 0 spiro atoms. The van der Waals surface area contributed by atoms with E-state index >= 15 is 0 Å². The lowest BCUT2D eigenvalue weighted by Gasteiger charge is -1.94. The van der Waals surface area contributed by atoms with Crippen LogP contribution in [0.25, 0.3) is 0 Å².